The van der Waals surface area contributed by atoms with Gasteiger partial charge in [-0.15, -0.1) is 0 Å². The molecule has 4 nitrogen and oxygen atoms in total. The van der Waals surface area contributed by atoms with Crippen molar-refractivity contribution < 1.29 is 13.9 Å². The minimum Gasteiger partial charge on any atom is -0.394 e. The molecule has 0 bridgehead atoms. The van der Waals surface area contributed by atoms with Crippen molar-refractivity contribution in [3.8, 4) is 11.3 Å². The number of halogens is 2. The zero-order valence-corrected chi connectivity index (χ0v) is 10.9. The van der Waals surface area contributed by atoms with Crippen molar-refractivity contribution in [3.05, 3.63) is 41.1 Å². The number of rotatable bonds is 3. The van der Waals surface area contributed by atoms with E-state index in [-0.39, 0.29) is 6.61 Å². The van der Waals surface area contributed by atoms with Crippen molar-refractivity contribution in [1.82, 2.24) is 15.1 Å². The molecule has 106 valence electrons. The third kappa shape index (κ3) is 2.21. The van der Waals surface area contributed by atoms with Crippen molar-refractivity contribution >= 4 is 0 Å². The Morgan fingerprint density at radius 3 is 2.90 bits per heavy atom. The molecule has 0 radical (unpaired) electrons. The summed E-state index contributed by atoms with van der Waals surface area (Å²) in [6, 6.07) is 3.80. The maximum atomic E-state index is 13.4. The zero-order valence-electron chi connectivity index (χ0n) is 10.9. The Balaban J connectivity index is 2.10. The average molecular weight is 279 g/mol. The van der Waals surface area contributed by atoms with Crippen LogP contribution in [-0.4, -0.2) is 28.0 Å². The van der Waals surface area contributed by atoms with Crippen LogP contribution in [0.4, 0.5) is 8.78 Å². The smallest absolute Gasteiger partial charge is 0.159 e. The summed E-state index contributed by atoms with van der Waals surface area (Å²) in [6.07, 6.45) is 0.812. The van der Waals surface area contributed by atoms with E-state index in [1.165, 1.54) is 6.07 Å². The highest BCUT2D eigenvalue weighted by Gasteiger charge is 2.21. The van der Waals surface area contributed by atoms with Gasteiger partial charge in [-0.05, 0) is 18.2 Å². The number of fused-ring (bicyclic) bond motifs is 1. The van der Waals surface area contributed by atoms with Crippen molar-refractivity contribution in [1.29, 1.82) is 0 Å². The quantitative estimate of drug-likeness (QED) is 0.894. The van der Waals surface area contributed by atoms with E-state index in [0.717, 1.165) is 36.4 Å². The molecule has 2 N–H and O–H groups in total. The molecule has 1 aliphatic rings. The summed E-state index contributed by atoms with van der Waals surface area (Å²) in [4.78, 5) is 0. The predicted molar refractivity (Wildman–Crippen MR) is 70.1 cm³/mol. The number of aliphatic hydroxyl groups is 1. The molecule has 2 heterocycles. The maximum Gasteiger partial charge on any atom is 0.159 e. The van der Waals surface area contributed by atoms with Crippen LogP contribution in [0.3, 0.4) is 0 Å². The molecular weight excluding hydrogens is 264 g/mol. The van der Waals surface area contributed by atoms with Crippen molar-refractivity contribution in [2.75, 3.05) is 13.2 Å². The molecule has 0 fully saturated rings. The van der Waals surface area contributed by atoms with Gasteiger partial charge in [0.25, 0.3) is 0 Å². The van der Waals surface area contributed by atoms with Crippen LogP contribution in [0.15, 0.2) is 18.2 Å². The molecule has 1 aromatic carbocycles. The van der Waals surface area contributed by atoms with Gasteiger partial charge in [-0.1, -0.05) is 0 Å². The highest BCUT2D eigenvalue weighted by molar-refractivity contribution is 5.64. The summed E-state index contributed by atoms with van der Waals surface area (Å²) in [7, 11) is 0. The monoisotopic (exact) mass is 279 g/mol. The van der Waals surface area contributed by atoms with Crippen molar-refractivity contribution in [2.45, 2.75) is 19.5 Å². The van der Waals surface area contributed by atoms with E-state index in [2.05, 4.69) is 10.4 Å². The van der Waals surface area contributed by atoms with E-state index < -0.39 is 11.6 Å². The largest absolute Gasteiger partial charge is 0.394 e. The van der Waals surface area contributed by atoms with Crippen LogP contribution in [0.1, 0.15) is 11.3 Å². The number of benzene rings is 1. The molecule has 2 aromatic rings. The molecule has 0 unspecified atom stereocenters. The van der Waals surface area contributed by atoms with E-state index in [1.807, 2.05) is 0 Å². The van der Waals surface area contributed by atoms with Crippen LogP contribution in [0.5, 0.6) is 0 Å². The second kappa shape index (κ2) is 5.30. The van der Waals surface area contributed by atoms with Gasteiger partial charge in [0.05, 0.1) is 18.8 Å². The zero-order chi connectivity index (χ0) is 14.1. The molecule has 0 aliphatic carbocycles. The highest BCUT2D eigenvalue weighted by atomic mass is 19.2. The number of nitrogens with zero attached hydrogens (tertiary/aromatic N) is 2. The second-order valence-corrected chi connectivity index (χ2v) is 4.78. The van der Waals surface area contributed by atoms with Gasteiger partial charge >= 0.3 is 0 Å². The summed E-state index contributed by atoms with van der Waals surface area (Å²) >= 11 is 0. The summed E-state index contributed by atoms with van der Waals surface area (Å²) in [5.41, 5.74) is 3.26. The first kappa shape index (κ1) is 13.2. The number of aliphatic hydroxyl groups excluding tert-OH is 1. The Labute approximate surface area is 115 Å². The van der Waals surface area contributed by atoms with Crippen LogP contribution < -0.4 is 5.32 Å². The van der Waals surface area contributed by atoms with E-state index in [9.17, 15) is 8.78 Å². The predicted octanol–water partition coefficient (Wildman–Crippen LogP) is 1.47. The molecule has 6 heteroatoms. The van der Waals surface area contributed by atoms with Crippen LogP contribution in [-0.2, 0) is 19.5 Å². The Kier molecular flexibility index (Phi) is 3.50. The van der Waals surface area contributed by atoms with Gasteiger partial charge in [-0.2, -0.15) is 5.10 Å². The molecule has 3 rings (SSSR count). The Bertz CT molecular complexity index is 640. The first-order valence-electron chi connectivity index (χ1n) is 6.56. The minimum absolute atomic E-state index is 0.00122. The fraction of sp³-hybridized carbons (Fsp3) is 0.357. The lowest BCUT2D eigenvalue weighted by Crippen LogP contribution is -2.25. The standard InChI is InChI=1S/C14H15F2N3O/c15-11-2-1-9(7-12(11)16)14-10-8-17-4-3-13(10)19(18-14)5-6-20/h1-2,7,17,20H,3-6,8H2. The first-order chi connectivity index (χ1) is 9.70. The molecule has 0 saturated carbocycles. The molecule has 0 saturated heterocycles. The third-order valence-corrected chi connectivity index (χ3v) is 3.51. The normalized spacial score (nSPS) is 14.3. The fourth-order valence-corrected chi connectivity index (χ4v) is 2.57. The molecule has 0 spiro atoms. The van der Waals surface area contributed by atoms with Crippen molar-refractivity contribution in [3.63, 3.8) is 0 Å². The van der Waals surface area contributed by atoms with Crippen LogP contribution in [0, 0.1) is 11.6 Å². The van der Waals surface area contributed by atoms with E-state index >= 15 is 0 Å². The number of hydrogen-bond donors (Lipinski definition) is 2. The van der Waals surface area contributed by atoms with Crippen molar-refractivity contribution in [2.24, 2.45) is 0 Å². The topological polar surface area (TPSA) is 50.1 Å². The van der Waals surface area contributed by atoms with E-state index in [1.54, 1.807) is 4.68 Å². The Hall–Kier alpha value is -1.79. The summed E-state index contributed by atoms with van der Waals surface area (Å²) in [5, 5.41) is 16.8. The van der Waals surface area contributed by atoms with Gasteiger partial charge in [-0.3, -0.25) is 4.68 Å². The molecule has 1 aliphatic heterocycles. The average Bonchev–Trinajstić information content (AvgIpc) is 2.82. The SMILES string of the molecule is OCCn1nc(-c2ccc(F)c(F)c2)c2c1CCNC2. The van der Waals surface area contributed by atoms with E-state index in [4.69, 9.17) is 5.11 Å². The second-order valence-electron chi connectivity index (χ2n) is 4.78. The van der Waals surface area contributed by atoms with E-state index in [0.29, 0.717) is 24.3 Å². The number of nitrogens with one attached hydrogen (secondary N) is 1. The maximum absolute atomic E-state index is 13.4. The first-order valence-corrected chi connectivity index (χ1v) is 6.56. The van der Waals surface area contributed by atoms with Gasteiger partial charge in [-0.25, -0.2) is 8.78 Å². The van der Waals surface area contributed by atoms with Crippen LogP contribution >= 0.6 is 0 Å². The van der Waals surface area contributed by atoms with Crippen LogP contribution in [0.2, 0.25) is 0 Å². The lowest BCUT2D eigenvalue weighted by Gasteiger charge is -2.15. The fourth-order valence-electron chi connectivity index (χ4n) is 2.57. The Morgan fingerprint density at radius 2 is 2.15 bits per heavy atom. The number of hydrogen-bond acceptors (Lipinski definition) is 3. The lowest BCUT2D eigenvalue weighted by molar-refractivity contribution is 0.267. The lowest BCUT2D eigenvalue weighted by atomic mass is 10.0. The van der Waals surface area contributed by atoms with Gasteiger partial charge < -0.3 is 10.4 Å². The molecule has 20 heavy (non-hydrogen) atoms. The van der Waals surface area contributed by atoms with Gasteiger partial charge in [0.1, 0.15) is 0 Å². The molecule has 0 atom stereocenters. The third-order valence-electron chi connectivity index (χ3n) is 3.51. The highest BCUT2D eigenvalue weighted by Crippen LogP contribution is 2.28. The summed E-state index contributed by atoms with van der Waals surface area (Å²) < 4.78 is 28.2. The van der Waals surface area contributed by atoms with Gasteiger partial charge in [0.15, 0.2) is 11.6 Å². The summed E-state index contributed by atoms with van der Waals surface area (Å²) in [5.74, 6) is -1.74. The minimum atomic E-state index is -0.878. The Morgan fingerprint density at radius 1 is 1.30 bits per heavy atom. The molecular formula is C14H15F2N3O. The van der Waals surface area contributed by atoms with Gasteiger partial charge in [0.2, 0.25) is 0 Å². The summed E-state index contributed by atoms with van der Waals surface area (Å²) in [6.45, 7) is 1.90. The van der Waals surface area contributed by atoms with Gasteiger partial charge in [0, 0.05) is 36.3 Å². The number of aromatic nitrogens is 2. The molecule has 1 aromatic heterocycles. The van der Waals surface area contributed by atoms with Crippen LogP contribution in [0.25, 0.3) is 11.3 Å². The molecule has 0 amide bonds.